The minimum Gasteiger partial charge on any atom is -0.270 e. The maximum atomic E-state index is 5.79. The van der Waals surface area contributed by atoms with Gasteiger partial charge in [0.15, 0.2) is 0 Å². The summed E-state index contributed by atoms with van der Waals surface area (Å²) < 4.78 is 5.79. The molecule has 1 aliphatic rings. The van der Waals surface area contributed by atoms with Crippen LogP contribution in [-0.4, -0.2) is 15.5 Å². The topological polar surface area (TPSA) is 12.4 Å². The number of hydrogen-bond donors (Lipinski definition) is 0. The van der Waals surface area contributed by atoms with Crippen LogP contribution < -0.4 is 0 Å². The summed E-state index contributed by atoms with van der Waals surface area (Å²) in [4.78, 5) is 0. The number of nitrogens with zero attached hydrogens (tertiary/aromatic N) is 1. The number of rotatable bonds is 13. The summed E-state index contributed by atoms with van der Waals surface area (Å²) in [6.45, 7) is 30.9. The molecule has 0 unspecified atom stereocenters. The Morgan fingerprint density at radius 3 is 1.36 bits per heavy atom. The molecular weight excluding hydrogens is 489 g/mol. The van der Waals surface area contributed by atoms with Crippen LogP contribution in [0.15, 0.2) is 52.0 Å². The first-order chi connectivity index (χ1) is 16.2. The molecule has 0 saturated heterocycles. The molecule has 1 rings (SSSR count). The van der Waals surface area contributed by atoms with Gasteiger partial charge in [-0.3, -0.25) is 4.74 Å². The summed E-state index contributed by atoms with van der Waals surface area (Å²) in [5, 5.41) is 0.799. The molecule has 36 heavy (non-hydrogen) atoms. The fourth-order valence-corrected chi connectivity index (χ4v) is 14.7. The summed E-state index contributed by atoms with van der Waals surface area (Å²) in [5.74, 6) is 0. The van der Waals surface area contributed by atoms with E-state index in [-0.39, 0.29) is 37.2 Å². The first kappa shape index (κ1) is 38.1. The summed E-state index contributed by atoms with van der Waals surface area (Å²) in [7, 11) is -1.69. The molecule has 0 spiro atoms. The van der Waals surface area contributed by atoms with E-state index in [9.17, 15) is 0 Å². The molecule has 208 valence electrons. The number of allylic oxidation sites excluding steroid dienone is 7. The molecule has 1 nitrogen and oxygen atoms in total. The van der Waals surface area contributed by atoms with Gasteiger partial charge in [-0.1, -0.05) is 131 Å². The van der Waals surface area contributed by atoms with Crippen LogP contribution in [0.3, 0.4) is 0 Å². The Morgan fingerprint density at radius 1 is 0.750 bits per heavy atom. The fourth-order valence-electron chi connectivity index (χ4n) is 6.82. The average molecular weight is 552 g/mol. The van der Waals surface area contributed by atoms with Gasteiger partial charge in [-0.25, -0.2) is 0 Å². The van der Waals surface area contributed by atoms with E-state index in [0.717, 1.165) is 19.3 Å². The van der Waals surface area contributed by atoms with E-state index in [2.05, 4.69) is 120 Å². The van der Waals surface area contributed by atoms with Crippen LogP contribution in [0.5, 0.6) is 0 Å². The summed E-state index contributed by atoms with van der Waals surface area (Å²) in [6.07, 6.45) is 22.1. The Labute approximate surface area is 243 Å². The van der Waals surface area contributed by atoms with E-state index in [4.69, 9.17) is 4.74 Å². The Balaban J connectivity index is 0. The molecule has 0 radical (unpaired) electrons. The maximum absolute atomic E-state index is 5.79. The van der Waals surface area contributed by atoms with Crippen LogP contribution in [0.25, 0.3) is 0 Å². The SMILES string of the molecule is CCC=C(C)C(C)=CCC.CCCC(C)(C)P(=NC1=CC=CC1)(C(C)(C)CCC)C(C)(C)CCC.[Ti]. The Hall–Kier alpha value is -0.0957. The molecule has 3 heteroatoms. The number of hydrogen-bond acceptors (Lipinski definition) is 1. The fraction of sp³-hybridized carbons (Fsp3) is 0.758. The first-order valence-corrected chi connectivity index (χ1v) is 16.3. The van der Waals surface area contributed by atoms with Gasteiger partial charge in [0.25, 0.3) is 0 Å². The first-order valence-electron chi connectivity index (χ1n) is 14.6. The van der Waals surface area contributed by atoms with Crippen molar-refractivity contribution in [1.82, 2.24) is 0 Å². The van der Waals surface area contributed by atoms with Crippen LogP contribution in [0.1, 0.15) is 148 Å². The Morgan fingerprint density at radius 2 is 1.11 bits per heavy atom. The van der Waals surface area contributed by atoms with Crippen LogP contribution >= 0.6 is 7.05 Å². The summed E-state index contributed by atoms with van der Waals surface area (Å²) in [6, 6.07) is 0. The normalized spacial score (nSPS) is 15.2. The molecule has 0 heterocycles. The molecule has 0 saturated carbocycles. The largest absolute Gasteiger partial charge is 0.270 e. The Kier molecular flexibility index (Phi) is 18.5. The smallest absolute Gasteiger partial charge is 0.0425 e. The van der Waals surface area contributed by atoms with Gasteiger partial charge in [0.2, 0.25) is 0 Å². The molecule has 0 amide bonds. The van der Waals surface area contributed by atoms with Crippen molar-refractivity contribution in [2.24, 2.45) is 4.74 Å². The van der Waals surface area contributed by atoms with Gasteiger partial charge in [-0.05, 0) is 59.1 Å². The molecule has 0 bridgehead atoms. The maximum Gasteiger partial charge on any atom is 0.0425 e. The molecule has 0 aromatic carbocycles. The van der Waals surface area contributed by atoms with E-state index in [1.807, 2.05) is 0 Å². The van der Waals surface area contributed by atoms with Gasteiger partial charge >= 0.3 is 0 Å². The Bertz CT molecular complexity index is 735. The van der Waals surface area contributed by atoms with Crippen molar-refractivity contribution < 1.29 is 21.7 Å². The second-order valence-corrected chi connectivity index (χ2v) is 17.4. The predicted octanol–water partition coefficient (Wildman–Crippen LogP) is 12.5. The molecule has 0 N–H and O–H groups in total. The van der Waals surface area contributed by atoms with E-state index < -0.39 is 7.05 Å². The predicted molar refractivity (Wildman–Crippen MR) is 166 cm³/mol. The minimum absolute atomic E-state index is 0. The van der Waals surface area contributed by atoms with Gasteiger partial charge in [-0.15, -0.1) is 0 Å². The van der Waals surface area contributed by atoms with E-state index in [1.54, 1.807) is 0 Å². The van der Waals surface area contributed by atoms with Crippen molar-refractivity contribution in [2.45, 2.75) is 163 Å². The van der Waals surface area contributed by atoms with E-state index in [0.29, 0.717) is 0 Å². The van der Waals surface area contributed by atoms with Crippen molar-refractivity contribution in [3.63, 3.8) is 0 Å². The third kappa shape index (κ3) is 9.90. The standard InChI is InChI=1S/C23H44NP.C10H18.Ti/c1-10-17-21(4,5)25(22(6,7)18-11-2,23(8,9)19-12-3)24-20-15-13-14-16-20;1-5-7-9(3)10(4)8-6-2;/h13-15H,10-12,16-19H2,1-9H3;7-8H,5-6H2,1-4H3;. The second kappa shape index (κ2) is 17.5. The molecular formula is C33H62NPTi. The van der Waals surface area contributed by atoms with Crippen LogP contribution in [0.2, 0.25) is 0 Å². The second-order valence-electron chi connectivity index (χ2n) is 12.3. The van der Waals surface area contributed by atoms with Gasteiger partial charge < -0.3 is 0 Å². The van der Waals surface area contributed by atoms with Crippen molar-refractivity contribution in [3.8, 4) is 0 Å². The molecule has 0 fully saturated rings. The average Bonchev–Trinajstić information content (AvgIpc) is 3.25. The molecule has 0 aliphatic heterocycles. The molecule has 0 aromatic heterocycles. The zero-order chi connectivity index (χ0) is 27.3. The van der Waals surface area contributed by atoms with Crippen molar-refractivity contribution in [1.29, 1.82) is 0 Å². The third-order valence-corrected chi connectivity index (χ3v) is 14.4. The van der Waals surface area contributed by atoms with Crippen LogP contribution in [0, 0.1) is 0 Å². The van der Waals surface area contributed by atoms with Crippen LogP contribution in [0.4, 0.5) is 0 Å². The van der Waals surface area contributed by atoms with Crippen molar-refractivity contribution in [2.75, 3.05) is 0 Å². The summed E-state index contributed by atoms with van der Waals surface area (Å²) in [5.41, 5.74) is 4.17. The molecule has 0 aromatic rings. The zero-order valence-electron chi connectivity index (χ0n) is 26.6. The van der Waals surface area contributed by atoms with Gasteiger partial charge in [-0.2, -0.15) is 0 Å². The van der Waals surface area contributed by atoms with Crippen molar-refractivity contribution in [3.05, 3.63) is 47.2 Å². The van der Waals surface area contributed by atoms with E-state index >= 15 is 0 Å². The minimum atomic E-state index is -1.69. The van der Waals surface area contributed by atoms with Gasteiger partial charge in [0, 0.05) is 49.3 Å². The van der Waals surface area contributed by atoms with Crippen LogP contribution in [-0.2, 0) is 21.7 Å². The monoisotopic (exact) mass is 551 g/mol. The third-order valence-electron chi connectivity index (χ3n) is 7.89. The summed E-state index contributed by atoms with van der Waals surface area (Å²) >= 11 is 0. The molecule has 0 atom stereocenters. The van der Waals surface area contributed by atoms with Gasteiger partial charge in [0.1, 0.15) is 0 Å². The molecule has 1 aliphatic carbocycles. The quantitative estimate of drug-likeness (QED) is 0.123. The van der Waals surface area contributed by atoms with Gasteiger partial charge in [0.05, 0.1) is 0 Å². The van der Waals surface area contributed by atoms with E-state index in [1.165, 1.54) is 55.4 Å². The zero-order valence-corrected chi connectivity index (χ0v) is 29.1. The van der Waals surface area contributed by atoms with Crippen molar-refractivity contribution >= 4 is 7.05 Å².